The van der Waals surface area contributed by atoms with Crippen LogP contribution in [-0.4, -0.2) is 17.0 Å². The largest absolute Gasteiger partial charge is 0.354 e. The van der Waals surface area contributed by atoms with Gasteiger partial charge in [0.25, 0.3) is 0 Å². The maximum Gasteiger partial charge on any atom is 0.147 e. The van der Waals surface area contributed by atoms with E-state index in [1.807, 2.05) is 18.0 Å². The molecule has 0 radical (unpaired) electrons. The molecule has 5 heteroatoms. The van der Waals surface area contributed by atoms with Gasteiger partial charge in [0.15, 0.2) is 0 Å². The fourth-order valence-corrected chi connectivity index (χ4v) is 1.76. The van der Waals surface area contributed by atoms with Crippen LogP contribution in [0.2, 0.25) is 0 Å². The summed E-state index contributed by atoms with van der Waals surface area (Å²) in [7, 11) is 1.88. The van der Waals surface area contributed by atoms with Crippen molar-refractivity contribution in [3.63, 3.8) is 0 Å². The highest BCUT2D eigenvalue weighted by molar-refractivity contribution is 6.16. The Kier molecular flexibility index (Phi) is 4.10. The van der Waals surface area contributed by atoms with Gasteiger partial charge in [0.2, 0.25) is 0 Å². The van der Waals surface area contributed by atoms with Gasteiger partial charge >= 0.3 is 0 Å². The first-order valence-electron chi connectivity index (χ1n) is 5.51. The lowest BCUT2D eigenvalue weighted by Crippen LogP contribution is -2.18. The minimum Gasteiger partial charge on any atom is -0.354 e. The highest BCUT2D eigenvalue weighted by atomic mass is 35.5. The average Bonchev–Trinajstić information content (AvgIpc) is 2.39. The van der Waals surface area contributed by atoms with E-state index in [4.69, 9.17) is 11.6 Å². The quantitative estimate of drug-likeness (QED) is 0.796. The summed E-state index contributed by atoms with van der Waals surface area (Å²) in [6.45, 7) is 0.568. The summed E-state index contributed by atoms with van der Waals surface area (Å²) >= 11 is 5.71. The van der Waals surface area contributed by atoms with Crippen molar-refractivity contribution in [2.24, 2.45) is 0 Å². The molecule has 0 fully saturated rings. The Morgan fingerprint density at radius 3 is 2.89 bits per heavy atom. The summed E-state index contributed by atoms with van der Waals surface area (Å²) in [6, 6.07) is 6.50. The minimum atomic E-state index is -0.235. The van der Waals surface area contributed by atoms with Crippen LogP contribution in [-0.2, 0) is 12.4 Å². The van der Waals surface area contributed by atoms with Gasteiger partial charge in [-0.05, 0) is 17.7 Å². The van der Waals surface area contributed by atoms with E-state index in [1.165, 1.54) is 12.1 Å². The van der Waals surface area contributed by atoms with Crippen molar-refractivity contribution in [2.45, 2.75) is 12.4 Å². The van der Waals surface area contributed by atoms with E-state index in [-0.39, 0.29) is 5.82 Å². The van der Waals surface area contributed by atoms with Crippen LogP contribution in [0.3, 0.4) is 0 Å². The predicted octanol–water partition coefficient (Wildman–Crippen LogP) is 2.99. The van der Waals surface area contributed by atoms with Crippen LogP contribution < -0.4 is 4.90 Å². The zero-order chi connectivity index (χ0) is 13.0. The summed E-state index contributed by atoms with van der Waals surface area (Å²) in [5, 5.41) is 0. The van der Waals surface area contributed by atoms with Crippen molar-refractivity contribution in [2.75, 3.05) is 11.9 Å². The van der Waals surface area contributed by atoms with Gasteiger partial charge in [0, 0.05) is 19.8 Å². The molecule has 0 bridgehead atoms. The minimum absolute atomic E-state index is 0.235. The monoisotopic (exact) mass is 265 g/mol. The summed E-state index contributed by atoms with van der Waals surface area (Å²) in [5.41, 5.74) is 1.61. The van der Waals surface area contributed by atoms with Crippen LogP contribution in [0.5, 0.6) is 0 Å². The molecule has 0 aliphatic carbocycles. The number of benzene rings is 1. The Labute approximate surface area is 110 Å². The van der Waals surface area contributed by atoms with E-state index >= 15 is 0 Å². The number of halogens is 2. The molecule has 2 aromatic rings. The van der Waals surface area contributed by atoms with E-state index in [1.54, 1.807) is 18.5 Å². The van der Waals surface area contributed by atoms with Gasteiger partial charge in [-0.1, -0.05) is 12.1 Å². The molecule has 94 valence electrons. The Morgan fingerprint density at radius 2 is 2.17 bits per heavy atom. The number of aromatic nitrogens is 2. The first-order valence-corrected chi connectivity index (χ1v) is 6.05. The van der Waals surface area contributed by atoms with Crippen molar-refractivity contribution < 1.29 is 4.39 Å². The second kappa shape index (κ2) is 5.78. The molecule has 1 heterocycles. The number of anilines is 1. The van der Waals surface area contributed by atoms with E-state index < -0.39 is 0 Å². The molecule has 18 heavy (non-hydrogen) atoms. The third-order valence-corrected chi connectivity index (χ3v) is 2.78. The van der Waals surface area contributed by atoms with Gasteiger partial charge in [-0.15, -0.1) is 11.6 Å². The van der Waals surface area contributed by atoms with Gasteiger partial charge in [0.05, 0.1) is 17.8 Å². The maximum atomic E-state index is 13.1. The second-order valence-corrected chi connectivity index (χ2v) is 4.26. The van der Waals surface area contributed by atoms with Gasteiger partial charge in [-0.2, -0.15) is 0 Å². The highest BCUT2D eigenvalue weighted by Crippen LogP contribution is 2.13. The zero-order valence-corrected chi connectivity index (χ0v) is 10.7. The van der Waals surface area contributed by atoms with Crippen molar-refractivity contribution in [3.8, 4) is 0 Å². The van der Waals surface area contributed by atoms with Crippen LogP contribution in [0.25, 0.3) is 0 Å². The summed E-state index contributed by atoms with van der Waals surface area (Å²) < 4.78 is 13.1. The van der Waals surface area contributed by atoms with Gasteiger partial charge in [-0.3, -0.25) is 4.98 Å². The lowest BCUT2D eigenvalue weighted by molar-refractivity contribution is 0.625. The Morgan fingerprint density at radius 1 is 1.33 bits per heavy atom. The normalized spacial score (nSPS) is 10.4. The SMILES string of the molecule is CN(Cc1cccc(F)c1)c1cncc(CCl)n1. The number of rotatable bonds is 4. The molecule has 0 unspecified atom stereocenters. The molecule has 0 saturated carbocycles. The van der Waals surface area contributed by atoms with E-state index in [9.17, 15) is 4.39 Å². The molecule has 0 saturated heterocycles. The van der Waals surface area contributed by atoms with E-state index in [0.717, 1.165) is 17.1 Å². The third-order valence-electron chi connectivity index (χ3n) is 2.51. The fourth-order valence-electron chi connectivity index (χ4n) is 1.63. The van der Waals surface area contributed by atoms with Gasteiger partial charge in [0.1, 0.15) is 11.6 Å². The molecule has 0 amide bonds. The lowest BCUT2D eigenvalue weighted by atomic mass is 10.2. The zero-order valence-electron chi connectivity index (χ0n) is 9.98. The van der Waals surface area contributed by atoms with Crippen molar-refractivity contribution in [3.05, 3.63) is 53.7 Å². The molecule has 0 spiro atoms. The van der Waals surface area contributed by atoms with Crippen LogP contribution in [0.15, 0.2) is 36.7 Å². The molecule has 0 atom stereocenters. The van der Waals surface area contributed by atoms with Crippen LogP contribution >= 0.6 is 11.6 Å². The Hall–Kier alpha value is -1.68. The Balaban J connectivity index is 2.13. The number of alkyl halides is 1. The molecule has 0 N–H and O–H groups in total. The number of nitrogens with zero attached hydrogens (tertiary/aromatic N) is 3. The van der Waals surface area contributed by atoms with E-state index in [0.29, 0.717) is 12.4 Å². The summed E-state index contributed by atoms with van der Waals surface area (Å²) in [5.74, 6) is 0.813. The number of hydrogen-bond donors (Lipinski definition) is 0. The standard InChI is InChI=1S/C13H13ClFN3/c1-18(9-10-3-2-4-11(15)5-10)13-8-16-7-12(6-14)17-13/h2-5,7-8H,6,9H2,1H3. The first kappa shape index (κ1) is 12.8. The second-order valence-electron chi connectivity index (χ2n) is 3.99. The van der Waals surface area contributed by atoms with Crippen LogP contribution in [0.4, 0.5) is 10.2 Å². The Bertz CT molecular complexity index is 533. The van der Waals surface area contributed by atoms with Crippen molar-refractivity contribution in [1.82, 2.24) is 9.97 Å². The lowest BCUT2D eigenvalue weighted by Gasteiger charge is -2.18. The molecule has 1 aromatic heterocycles. The first-order chi connectivity index (χ1) is 8.69. The third kappa shape index (κ3) is 3.17. The summed E-state index contributed by atoms with van der Waals surface area (Å²) in [4.78, 5) is 10.3. The van der Waals surface area contributed by atoms with Crippen molar-refractivity contribution >= 4 is 17.4 Å². The maximum absolute atomic E-state index is 13.1. The predicted molar refractivity (Wildman–Crippen MR) is 70.1 cm³/mol. The molecule has 3 nitrogen and oxygen atoms in total. The van der Waals surface area contributed by atoms with Crippen LogP contribution in [0, 0.1) is 5.82 Å². The van der Waals surface area contributed by atoms with Gasteiger partial charge in [-0.25, -0.2) is 9.37 Å². The molecule has 1 aromatic carbocycles. The topological polar surface area (TPSA) is 29.0 Å². The smallest absolute Gasteiger partial charge is 0.147 e. The molecular weight excluding hydrogens is 253 g/mol. The van der Waals surface area contributed by atoms with Gasteiger partial charge < -0.3 is 4.90 Å². The number of hydrogen-bond acceptors (Lipinski definition) is 3. The molecule has 0 aliphatic rings. The molecule has 2 rings (SSSR count). The van der Waals surface area contributed by atoms with E-state index in [2.05, 4.69) is 9.97 Å². The highest BCUT2D eigenvalue weighted by Gasteiger charge is 2.05. The average molecular weight is 266 g/mol. The van der Waals surface area contributed by atoms with Crippen molar-refractivity contribution in [1.29, 1.82) is 0 Å². The molecular formula is C13H13ClFN3. The fraction of sp³-hybridized carbons (Fsp3) is 0.231. The van der Waals surface area contributed by atoms with Crippen LogP contribution in [0.1, 0.15) is 11.3 Å². The summed E-state index contributed by atoms with van der Waals surface area (Å²) in [6.07, 6.45) is 3.29. The molecule has 0 aliphatic heterocycles.